The highest BCUT2D eigenvalue weighted by molar-refractivity contribution is 6.20. The molecule has 0 atom stereocenters. The molecule has 0 radical (unpaired) electrons. The van der Waals surface area contributed by atoms with E-state index in [0.29, 0.717) is 16.4 Å². The molecule has 1 nitrogen and oxygen atoms in total. The van der Waals surface area contributed by atoms with Crippen molar-refractivity contribution in [3.05, 3.63) is 60.5 Å². The Morgan fingerprint density at radius 2 is 1.72 bits per heavy atom. The van der Waals surface area contributed by atoms with Crippen LogP contribution in [0.15, 0.2) is 60.5 Å². The van der Waals surface area contributed by atoms with Gasteiger partial charge in [0.1, 0.15) is 0 Å². The zero-order valence-corrected chi connectivity index (χ0v) is 9.60. The van der Waals surface area contributed by atoms with Crippen molar-refractivity contribution >= 4 is 32.6 Å². The molecule has 0 spiro atoms. The number of fused-ring (bicyclic) bond motifs is 5. The van der Waals surface area contributed by atoms with Gasteiger partial charge < -0.3 is 4.57 Å². The van der Waals surface area contributed by atoms with Gasteiger partial charge in [0.2, 0.25) is 0 Å². The molecule has 0 N–H and O–H groups in total. The predicted molar refractivity (Wildman–Crippen MR) is 77.9 cm³/mol. The van der Waals surface area contributed by atoms with Gasteiger partial charge in [-0.3, -0.25) is 0 Å². The molecule has 0 bridgehead atoms. The normalized spacial score (nSPS) is 17.8. The molecule has 1 aromatic heterocycles. The van der Waals surface area contributed by atoms with Crippen LogP contribution in [0.1, 0.15) is 11.0 Å². The highest BCUT2D eigenvalue weighted by atomic mass is 14.9. The first kappa shape index (κ1) is 4.77. The van der Waals surface area contributed by atoms with Gasteiger partial charge in [-0.05, 0) is 22.9 Å². The van der Waals surface area contributed by atoms with E-state index in [0.717, 1.165) is 0 Å². The Balaban J connectivity index is 2.51. The Hall–Kier alpha value is -2.28. The molecular formula is C17H13N. The average Bonchev–Trinajstić information content (AvgIpc) is 2.90. The van der Waals surface area contributed by atoms with Crippen molar-refractivity contribution in [2.75, 3.05) is 0 Å². The van der Waals surface area contributed by atoms with Crippen LogP contribution in [-0.4, -0.2) is 4.57 Å². The molecule has 0 aliphatic carbocycles. The summed E-state index contributed by atoms with van der Waals surface area (Å²) in [7, 11) is 1.65. The second-order valence-corrected chi connectivity index (χ2v) is 4.14. The topological polar surface area (TPSA) is 4.93 Å². The molecule has 18 heavy (non-hydrogen) atoms. The lowest BCUT2D eigenvalue weighted by Crippen LogP contribution is -1.85. The molecule has 0 saturated heterocycles. The van der Waals surface area contributed by atoms with E-state index in [2.05, 4.69) is 0 Å². The van der Waals surface area contributed by atoms with Crippen LogP contribution in [0.5, 0.6) is 0 Å². The summed E-state index contributed by atoms with van der Waals surface area (Å²) in [5.74, 6) is 0. The van der Waals surface area contributed by atoms with Crippen molar-refractivity contribution in [2.45, 2.75) is 0 Å². The van der Waals surface area contributed by atoms with E-state index < -0.39 is 6.04 Å². The van der Waals surface area contributed by atoms with E-state index in [1.54, 1.807) is 11.6 Å². The minimum atomic E-state index is -0.391. The fourth-order valence-electron chi connectivity index (χ4n) is 2.37. The highest BCUT2D eigenvalue weighted by Gasteiger charge is 2.09. The largest absolute Gasteiger partial charge is 0.344 e. The van der Waals surface area contributed by atoms with Gasteiger partial charge in [-0.15, -0.1) is 0 Å². The van der Waals surface area contributed by atoms with Crippen LogP contribution in [0.3, 0.4) is 0 Å². The predicted octanol–water partition coefficient (Wildman–Crippen LogP) is 4.48. The molecule has 0 saturated carbocycles. The summed E-state index contributed by atoms with van der Waals surface area (Å²) in [5, 5.41) is 1.00. The van der Waals surface area contributed by atoms with Crippen LogP contribution >= 0.6 is 0 Å². The van der Waals surface area contributed by atoms with Crippen LogP contribution in [-0.2, 0) is 7.05 Å². The van der Waals surface area contributed by atoms with Gasteiger partial charge in [-0.1, -0.05) is 48.4 Å². The molecule has 4 rings (SSSR count). The maximum absolute atomic E-state index is 8.36. The first-order valence-corrected chi connectivity index (χ1v) is 5.55. The molecule has 3 aromatic carbocycles. The fraction of sp³-hybridized carbons (Fsp3) is 0.0588. The van der Waals surface area contributed by atoms with Crippen molar-refractivity contribution in [1.82, 2.24) is 4.57 Å². The van der Waals surface area contributed by atoms with Gasteiger partial charge in [0.05, 0.1) is 11.0 Å². The summed E-state index contributed by atoms with van der Waals surface area (Å²) in [5.41, 5.74) is 0.750. The Kier molecular flexibility index (Phi) is 0.890. The number of nitrogens with zero attached hydrogens (tertiary/aromatic N) is 1. The van der Waals surface area contributed by atoms with E-state index >= 15 is 0 Å². The Bertz CT molecular complexity index is 1270. The summed E-state index contributed by atoms with van der Waals surface area (Å²) in [6, 6.07) is 1.21. The van der Waals surface area contributed by atoms with Crippen LogP contribution in [0.25, 0.3) is 32.6 Å². The lowest BCUT2D eigenvalue weighted by molar-refractivity contribution is 1.01. The van der Waals surface area contributed by atoms with Gasteiger partial charge in [-0.25, -0.2) is 0 Å². The van der Waals surface area contributed by atoms with Gasteiger partial charge in [0.25, 0.3) is 0 Å². The summed E-state index contributed by atoms with van der Waals surface area (Å²) in [4.78, 5) is 0. The molecule has 0 aliphatic rings. The average molecular weight is 239 g/mol. The molecule has 1 heteroatoms. The Morgan fingerprint density at radius 3 is 2.67 bits per heavy atom. The third-order valence-corrected chi connectivity index (χ3v) is 3.19. The molecule has 0 amide bonds. The van der Waals surface area contributed by atoms with Crippen LogP contribution in [0, 0.1) is 0 Å². The van der Waals surface area contributed by atoms with Crippen molar-refractivity contribution < 1.29 is 11.0 Å². The van der Waals surface area contributed by atoms with Crippen LogP contribution in [0.4, 0.5) is 0 Å². The summed E-state index contributed by atoms with van der Waals surface area (Å²) in [6.45, 7) is 0. The smallest absolute Gasteiger partial charge is 0.0645 e. The Labute approximate surface area is 117 Å². The lowest BCUT2D eigenvalue weighted by atomic mass is 10.0. The number of rotatable bonds is 0. The molecule has 1 heterocycles. The monoisotopic (exact) mass is 239 g/mol. The van der Waals surface area contributed by atoms with E-state index in [9.17, 15) is 0 Å². The number of para-hydroxylation sites is 1. The van der Waals surface area contributed by atoms with Gasteiger partial charge in [0.15, 0.2) is 0 Å². The first-order chi connectivity index (χ1) is 12.2. The summed E-state index contributed by atoms with van der Waals surface area (Å²) < 4.78 is 66.7. The molecule has 4 aromatic rings. The zero-order chi connectivity index (χ0) is 19.1. The SMILES string of the molecule is [2H]c1cc([2H])c2c(c1[2H])c1c3c([2H])c([2H])c([2H])c([2H])c3cc([2H])c1n2C. The first-order valence-electron chi connectivity index (χ1n) is 9.55. The minimum Gasteiger partial charge on any atom is -0.344 e. The lowest BCUT2D eigenvalue weighted by Gasteiger charge is -2.01. The van der Waals surface area contributed by atoms with Crippen molar-refractivity contribution in [3.63, 3.8) is 0 Å². The molecule has 0 fully saturated rings. The number of benzene rings is 3. The Morgan fingerprint density at radius 1 is 0.889 bits per heavy atom. The summed E-state index contributed by atoms with van der Waals surface area (Å²) in [6.07, 6.45) is 0. The van der Waals surface area contributed by atoms with Crippen LogP contribution < -0.4 is 0 Å². The van der Waals surface area contributed by atoms with Crippen molar-refractivity contribution in [2.24, 2.45) is 7.05 Å². The van der Waals surface area contributed by atoms with Crippen molar-refractivity contribution in [1.29, 1.82) is 0 Å². The quantitative estimate of drug-likeness (QED) is 0.426. The second kappa shape index (κ2) is 3.36. The maximum Gasteiger partial charge on any atom is 0.0645 e. The van der Waals surface area contributed by atoms with Gasteiger partial charge in [-0.2, -0.15) is 0 Å². The highest BCUT2D eigenvalue weighted by Crippen LogP contribution is 2.33. The van der Waals surface area contributed by atoms with Crippen LogP contribution in [0.2, 0.25) is 0 Å². The number of aryl methyl sites for hydroxylation is 1. The second-order valence-electron chi connectivity index (χ2n) is 4.14. The van der Waals surface area contributed by atoms with E-state index in [-0.39, 0.29) is 58.5 Å². The maximum atomic E-state index is 8.36. The van der Waals surface area contributed by atoms with E-state index in [4.69, 9.17) is 11.0 Å². The standard InChI is InChI=1S/C17H13N/c1-18-15-9-5-4-8-14(15)17-13-7-3-2-6-12(13)10-11-16(17)18/h2-11H,1H3/i2D,3D,4D,6D,7D,8D,9D,11D. The van der Waals surface area contributed by atoms with Gasteiger partial charge >= 0.3 is 0 Å². The van der Waals surface area contributed by atoms with Gasteiger partial charge in [0, 0.05) is 28.9 Å². The number of aromatic nitrogens is 1. The van der Waals surface area contributed by atoms with E-state index in [1.807, 2.05) is 0 Å². The molecule has 86 valence electrons. The number of hydrogen-bond acceptors (Lipinski definition) is 0. The summed E-state index contributed by atoms with van der Waals surface area (Å²) >= 11 is 0. The fourth-order valence-corrected chi connectivity index (χ4v) is 2.37. The molecule has 0 aliphatic heterocycles. The van der Waals surface area contributed by atoms with E-state index in [1.165, 1.54) is 12.1 Å². The third-order valence-electron chi connectivity index (χ3n) is 3.19. The molecular weight excluding hydrogens is 218 g/mol. The number of hydrogen-bond donors (Lipinski definition) is 0. The third kappa shape index (κ3) is 1.11. The zero-order valence-electron chi connectivity index (χ0n) is 17.6. The minimum absolute atomic E-state index is 0.0353. The molecule has 0 unspecified atom stereocenters. The van der Waals surface area contributed by atoms with Crippen molar-refractivity contribution in [3.8, 4) is 0 Å².